The first-order chi connectivity index (χ1) is 14.8. The summed E-state index contributed by atoms with van der Waals surface area (Å²) in [4.78, 5) is 22.1. The minimum atomic E-state index is -2.79. The first-order valence-corrected chi connectivity index (χ1v) is 9.61. The molecule has 1 unspecified atom stereocenters. The Balaban J connectivity index is 1.67. The maximum atomic E-state index is 14.1. The maximum Gasteiger partial charge on any atom is 0.280 e. The van der Waals surface area contributed by atoms with Gasteiger partial charge >= 0.3 is 0 Å². The number of nitrogens with zero attached hydrogens (tertiary/aromatic N) is 5. The van der Waals surface area contributed by atoms with E-state index in [1.54, 1.807) is 0 Å². The molecule has 3 heterocycles. The minimum Gasteiger partial charge on any atom is -0.491 e. The molecule has 11 heteroatoms. The number of methoxy groups -OCH3 is 1. The number of carbonyl (C=O) groups excluding carboxylic acids is 1. The number of carbonyl (C=O) groups is 1. The number of hydrogen-bond donors (Lipinski definition) is 0. The lowest BCUT2D eigenvalue weighted by Gasteiger charge is -2.37. The Kier molecular flexibility index (Phi) is 5.50. The molecule has 3 aromatic rings. The highest BCUT2D eigenvalue weighted by Gasteiger charge is 2.33. The van der Waals surface area contributed by atoms with Gasteiger partial charge in [-0.05, 0) is 30.5 Å². The van der Waals surface area contributed by atoms with E-state index in [1.165, 1.54) is 21.8 Å². The van der Waals surface area contributed by atoms with Crippen LogP contribution in [-0.4, -0.2) is 50.6 Å². The van der Waals surface area contributed by atoms with Crippen molar-refractivity contribution in [2.45, 2.75) is 25.7 Å². The van der Waals surface area contributed by atoms with Gasteiger partial charge in [0.25, 0.3) is 18.1 Å². The molecule has 0 N–H and O–H groups in total. The van der Waals surface area contributed by atoms with E-state index >= 15 is 0 Å². The van der Waals surface area contributed by atoms with Crippen molar-refractivity contribution >= 4 is 11.7 Å². The van der Waals surface area contributed by atoms with Gasteiger partial charge in [0.1, 0.15) is 12.0 Å². The predicted molar refractivity (Wildman–Crippen MR) is 101 cm³/mol. The Bertz CT molecular complexity index is 1110. The molecule has 31 heavy (non-hydrogen) atoms. The van der Waals surface area contributed by atoms with Crippen LogP contribution in [-0.2, 0) is 0 Å². The monoisotopic (exact) mass is 437 g/mol. The normalized spacial score (nSPS) is 19.3. The number of fused-ring (bicyclic) bond motifs is 1. The number of amides is 1. The van der Waals surface area contributed by atoms with Gasteiger partial charge in [0.15, 0.2) is 17.4 Å². The van der Waals surface area contributed by atoms with E-state index < -0.39 is 35.4 Å². The second-order valence-electron chi connectivity index (χ2n) is 7.48. The highest BCUT2D eigenvalue weighted by molar-refractivity contribution is 5.94. The number of rotatable bonds is 4. The van der Waals surface area contributed by atoms with Gasteiger partial charge in [0.2, 0.25) is 0 Å². The van der Waals surface area contributed by atoms with Gasteiger partial charge < -0.3 is 9.64 Å². The van der Waals surface area contributed by atoms with Crippen LogP contribution in [0.5, 0.6) is 5.75 Å². The lowest BCUT2D eigenvalue weighted by Crippen LogP contribution is -2.42. The third-order valence-electron chi connectivity index (χ3n) is 5.60. The van der Waals surface area contributed by atoms with Gasteiger partial charge in [-0.15, -0.1) is 0 Å². The molecule has 0 bridgehead atoms. The smallest absolute Gasteiger partial charge is 0.280 e. The molecule has 1 aliphatic rings. The molecule has 1 amide bonds. The number of piperidine rings is 1. The van der Waals surface area contributed by atoms with Crippen LogP contribution < -0.4 is 4.74 Å². The van der Waals surface area contributed by atoms with Crippen LogP contribution in [0.25, 0.3) is 5.78 Å². The number of alkyl halides is 2. The van der Waals surface area contributed by atoms with Gasteiger partial charge in [-0.3, -0.25) is 4.79 Å². The molecule has 1 saturated heterocycles. The lowest BCUT2D eigenvalue weighted by molar-refractivity contribution is 0.0664. The largest absolute Gasteiger partial charge is 0.491 e. The van der Waals surface area contributed by atoms with Gasteiger partial charge in [-0.25, -0.2) is 27.1 Å². The zero-order valence-electron chi connectivity index (χ0n) is 16.7. The number of aromatic nitrogens is 4. The molecule has 0 aliphatic carbocycles. The summed E-state index contributed by atoms with van der Waals surface area (Å²) in [5.74, 6) is -3.35. The SMILES string of the molecule is COc1c(F)cc(C(=O)N2CCC(C)[C@H](c3cc(C(F)F)nc4ncnn34)C2)cc1F. The summed E-state index contributed by atoms with van der Waals surface area (Å²) in [5, 5.41) is 4.08. The van der Waals surface area contributed by atoms with E-state index in [-0.39, 0.29) is 29.7 Å². The molecule has 1 aromatic carbocycles. The third kappa shape index (κ3) is 3.79. The Hall–Kier alpha value is -3.24. The van der Waals surface area contributed by atoms with Crippen molar-refractivity contribution in [3.05, 3.63) is 53.1 Å². The second-order valence-corrected chi connectivity index (χ2v) is 7.48. The first kappa shape index (κ1) is 21.0. The zero-order valence-corrected chi connectivity index (χ0v) is 16.7. The lowest BCUT2D eigenvalue weighted by atomic mass is 9.84. The van der Waals surface area contributed by atoms with Crippen LogP contribution in [0.2, 0.25) is 0 Å². The quantitative estimate of drug-likeness (QED) is 0.583. The Morgan fingerprint density at radius 3 is 2.58 bits per heavy atom. The van der Waals surface area contributed by atoms with Crippen molar-refractivity contribution in [1.29, 1.82) is 0 Å². The van der Waals surface area contributed by atoms with E-state index in [2.05, 4.69) is 19.8 Å². The number of ether oxygens (including phenoxy) is 1. The van der Waals surface area contributed by atoms with Crippen LogP contribution in [0.15, 0.2) is 24.5 Å². The van der Waals surface area contributed by atoms with Crippen LogP contribution in [0, 0.1) is 17.6 Å². The average Bonchev–Trinajstić information content (AvgIpc) is 3.21. The van der Waals surface area contributed by atoms with E-state index in [9.17, 15) is 22.4 Å². The van der Waals surface area contributed by atoms with Gasteiger partial charge in [0.05, 0.1) is 12.8 Å². The van der Waals surface area contributed by atoms with Crippen LogP contribution >= 0.6 is 0 Å². The third-order valence-corrected chi connectivity index (χ3v) is 5.60. The Morgan fingerprint density at radius 1 is 1.23 bits per heavy atom. The summed E-state index contributed by atoms with van der Waals surface area (Å²) in [6.07, 6.45) is -0.997. The summed E-state index contributed by atoms with van der Waals surface area (Å²) in [6, 6.07) is 3.12. The molecule has 0 radical (unpaired) electrons. The Labute approximate surface area is 174 Å². The number of likely N-dealkylation sites (tertiary alicyclic amines) is 1. The minimum absolute atomic E-state index is 0.0358. The molecule has 0 spiro atoms. The standard InChI is InChI=1S/C20H19F4N5O2/c1-10-3-4-28(19(30)11-5-13(21)17(31-2)14(22)6-11)8-12(10)16-7-15(18(23)24)27-20-25-9-26-29(16)20/h5-7,9-10,12,18H,3-4,8H2,1-2H3/t10?,12-/m1/s1. The van der Waals surface area contributed by atoms with Crippen LogP contribution in [0.4, 0.5) is 17.6 Å². The summed E-state index contributed by atoms with van der Waals surface area (Å²) in [6.45, 7) is 2.47. The summed E-state index contributed by atoms with van der Waals surface area (Å²) < 4.78 is 60.9. The van der Waals surface area contributed by atoms with Gasteiger partial charge in [-0.1, -0.05) is 6.92 Å². The number of hydrogen-bond acceptors (Lipinski definition) is 5. The topological polar surface area (TPSA) is 72.6 Å². The molecule has 164 valence electrons. The van der Waals surface area contributed by atoms with Crippen LogP contribution in [0.1, 0.15) is 47.4 Å². The fraction of sp³-hybridized carbons (Fsp3) is 0.400. The molecular weight excluding hydrogens is 418 g/mol. The molecular formula is C20H19F4N5O2. The highest BCUT2D eigenvalue weighted by Crippen LogP contribution is 2.34. The van der Waals surface area contributed by atoms with Crippen molar-refractivity contribution in [3.8, 4) is 5.75 Å². The zero-order chi connectivity index (χ0) is 22.3. The van der Waals surface area contributed by atoms with Crippen molar-refractivity contribution in [1.82, 2.24) is 24.5 Å². The molecule has 2 atom stereocenters. The van der Waals surface area contributed by atoms with E-state index in [0.717, 1.165) is 19.2 Å². The van der Waals surface area contributed by atoms with Crippen LogP contribution in [0.3, 0.4) is 0 Å². The maximum absolute atomic E-state index is 14.1. The van der Waals surface area contributed by atoms with E-state index in [1.807, 2.05) is 6.92 Å². The van der Waals surface area contributed by atoms with E-state index in [0.29, 0.717) is 18.7 Å². The molecule has 2 aromatic heterocycles. The fourth-order valence-electron chi connectivity index (χ4n) is 3.93. The fourth-order valence-corrected chi connectivity index (χ4v) is 3.93. The highest BCUT2D eigenvalue weighted by atomic mass is 19.3. The van der Waals surface area contributed by atoms with Gasteiger partial charge in [-0.2, -0.15) is 10.1 Å². The Morgan fingerprint density at radius 2 is 1.94 bits per heavy atom. The first-order valence-electron chi connectivity index (χ1n) is 9.61. The molecule has 1 fully saturated rings. The predicted octanol–water partition coefficient (Wildman–Crippen LogP) is 3.61. The van der Waals surface area contributed by atoms with Crippen molar-refractivity contribution < 1.29 is 27.1 Å². The number of halogens is 4. The molecule has 4 rings (SSSR count). The second kappa shape index (κ2) is 8.12. The number of benzene rings is 1. The van der Waals surface area contributed by atoms with Crippen molar-refractivity contribution in [2.24, 2.45) is 5.92 Å². The average molecular weight is 437 g/mol. The summed E-state index contributed by atoms with van der Waals surface area (Å²) >= 11 is 0. The molecule has 7 nitrogen and oxygen atoms in total. The summed E-state index contributed by atoms with van der Waals surface area (Å²) in [5.41, 5.74) is -0.127. The van der Waals surface area contributed by atoms with Crippen molar-refractivity contribution in [3.63, 3.8) is 0 Å². The molecule has 0 saturated carbocycles. The summed E-state index contributed by atoms with van der Waals surface area (Å²) in [7, 11) is 1.13. The molecule has 1 aliphatic heterocycles. The van der Waals surface area contributed by atoms with E-state index in [4.69, 9.17) is 0 Å². The van der Waals surface area contributed by atoms with Gasteiger partial charge in [0, 0.05) is 24.6 Å². The van der Waals surface area contributed by atoms with Crippen molar-refractivity contribution in [2.75, 3.05) is 20.2 Å².